The summed E-state index contributed by atoms with van der Waals surface area (Å²) in [6.07, 6.45) is 4.69. The van der Waals surface area contributed by atoms with Crippen molar-refractivity contribution in [1.82, 2.24) is 15.5 Å². The molecule has 0 saturated carbocycles. The molecule has 1 saturated heterocycles. The third-order valence-electron chi connectivity index (χ3n) is 4.98. The summed E-state index contributed by atoms with van der Waals surface area (Å²) in [7, 11) is 3.55. The van der Waals surface area contributed by atoms with E-state index in [2.05, 4.69) is 58.8 Å². The molecule has 0 spiro atoms. The van der Waals surface area contributed by atoms with E-state index in [1.54, 1.807) is 7.11 Å². The Bertz CT molecular complexity index is 585. The average molecular weight is 379 g/mol. The summed E-state index contributed by atoms with van der Waals surface area (Å²) in [5.74, 6) is 1.77. The summed E-state index contributed by atoms with van der Waals surface area (Å²) >= 11 is 1.86. The van der Waals surface area contributed by atoms with Crippen molar-refractivity contribution >= 4 is 17.7 Å². The van der Waals surface area contributed by atoms with E-state index in [1.165, 1.54) is 18.4 Å². The SMILES string of the molecule is CN=C(NCC(c1cccc(OC)c1)N1CCCC1)NCC(C)(C)SC. The van der Waals surface area contributed by atoms with Crippen LogP contribution in [0.25, 0.3) is 0 Å². The molecule has 1 aliphatic rings. The lowest BCUT2D eigenvalue weighted by Gasteiger charge is -2.30. The van der Waals surface area contributed by atoms with Gasteiger partial charge in [-0.05, 0) is 63.7 Å². The zero-order valence-electron chi connectivity index (χ0n) is 16.8. The summed E-state index contributed by atoms with van der Waals surface area (Å²) < 4.78 is 5.60. The monoisotopic (exact) mass is 378 g/mol. The van der Waals surface area contributed by atoms with Crippen molar-refractivity contribution in [1.29, 1.82) is 0 Å². The second-order valence-electron chi connectivity index (χ2n) is 7.31. The smallest absolute Gasteiger partial charge is 0.191 e. The van der Waals surface area contributed by atoms with Crippen LogP contribution in [0.4, 0.5) is 0 Å². The minimum Gasteiger partial charge on any atom is -0.497 e. The molecule has 2 N–H and O–H groups in total. The number of ether oxygens (including phenoxy) is 1. The third kappa shape index (κ3) is 6.09. The van der Waals surface area contributed by atoms with Gasteiger partial charge in [0.15, 0.2) is 5.96 Å². The van der Waals surface area contributed by atoms with Crippen LogP contribution >= 0.6 is 11.8 Å². The number of hydrogen-bond donors (Lipinski definition) is 2. The Morgan fingerprint density at radius 1 is 1.31 bits per heavy atom. The van der Waals surface area contributed by atoms with Crippen LogP contribution in [-0.2, 0) is 0 Å². The number of methoxy groups -OCH3 is 1. The fraction of sp³-hybridized carbons (Fsp3) is 0.650. The van der Waals surface area contributed by atoms with Crippen molar-refractivity contribution in [2.24, 2.45) is 4.99 Å². The molecule has 26 heavy (non-hydrogen) atoms. The van der Waals surface area contributed by atoms with E-state index < -0.39 is 0 Å². The number of nitrogens with one attached hydrogen (secondary N) is 2. The summed E-state index contributed by atoms with van der Waals surface area (Å²) in [5.41, 5.74) is 1.29. The number of nitrogens with zero attached hydrogens (tertiary/aromatic N) is 2. The third-order valence-corrected chi connectivity index (χ3v) is 6.23. The number of aliphatic imine (C=N–C) groups is 1. The van der Waals surface area contributed by atoms with Crippen LogP contribution in [0.1, 0.15) is 38.3 Å². The van der Waals surface area contributed by atoms with Crippen molar-refractivity contribution in [2.75, 3.05) is 46.6 Å². The first-order chi connectivity index (χ1) is 12.5. The number of guanidine groups is 1. The van der Waals surface area contributed by atoms with Crippen molar-refractivity contribution < 1.29 is 4.74 Å². The molecule has 0 aromatic heterocycles. The molecule has 0 bridgehead atoms. The zero-order valence-corrected chi connectivity index (χ0v) is 17.7. The largest absolute Gasteiger partial charge is 0.497 e. The molecule has 1 fully saturated rings. The molecule has 1 aliphatic heterocycles. The van der Waals surface area contributed by atoms with Gasteiger partial charge < -0.3 is 15.4 Å². The number of rotatable bonds is 8. The Morgan fingerprint density at radius 2 is 2.04 bits per heavy atom. The predicted octanol–water partition coefficient (Wildman–Crippen LogP) is 3.14. The molecule has 5 nitrogen and oxygen atoms in total. The van der Waals surface area contributed by atoms with Gasteiger partial charge in [-0.3, -0.25) is 9.89 Å². The maximum absolute atomic E-state index is 5.43. The molecule has 1 atom stereocenters. The van der Waals surface area contributed by atoms with Crippen LogP contribution in [0.15, 0.2) is 29.3 Å². The molecule has 2 rings (SSSR count). The van der Waals surface area contributed by atoms with E-state index in [-0.39, 0.29) is 4.75 Å². The summed E-state index contributed by atoms with van der Waals surface area (Å²) in [6.45, 7) is 8.47. The number of likely N-dealkylation sites (tertiary alicyclic amines) is 1. The lowest BCUT2D eigenvalue weighted by Crippen LogP contribution is -2.46. The first kappa shape index (κ1) is 20.9. The Kier molecular flexibility index (Phi) is 8.10. The lowest BCUT2D eigenvalue weighted by molar-refractivity contribution is 0.245. The first-order valence-corrected chi connectivity index (χ1v) is 10.6. The van der Waals surface area contributed by atoms with E-state index in [0.29, 0.717) is 6.04 Å². The molecule has 146 valence electrons. The summed E-state index contributed by atoms with van der Waals surface area (Å²) in [6, 6.07) is 8.74. The molecular formula is C20H34N4OS. The highest BCUT2D eigenvalue weighted by Crippen LogP contribution is 2.27. The lowest BCUT2D eigenvalue weighted by atomic mass is 10.1. The minimum atomic E-state index is 0.179. The maximum Gasteiger partial charge on any atom is 0.191 e. The molecule has 0 aliphatic carbocycles. The highest BCUT2D eigenvalue weighted by atomic mass is 32.2. The standard InChI is InChI=1S/C20H34N4OS/c1-20(2,26-5)15-23-19(21-3)22-14-18(24-11-6-7-12-24)16-9-8-10-17(13-16)25-4/h8-10,13,18H,6-7,11-12,14-15H2,1-5H3,(H2,21,22,23). The van der Waals surface area contributed by atoms with Crippen LogP contribution in [0.2, 0.25) is 0 Å². The quantitative estimate of drug-likeness (QED) is 0.538. The topological polar surface area (TPSA) is 48.9 Å². The normalized spacial score (nSPS) is 17.2. The van der Waals surface area contributed by atoms with Gasteiger partial charge in [0.2, 0.25) is 0 Å². The van der Waals surface area contributed by atoms with Gasteiger partial charge in [0.05, 0.1) is 13.2 Å². The van der Waals surface area contributed by atoms with Crippen molar-refractivity contribution in [3.63, 3.8) is 0 Å². The predicted molar refractivity (Wildman–Crippen MR) is 114 cm³/mol. The number of hydrogen-bond acceptors (Lipinski definition) is 4. The van der Waals surface area contributed by atoms with Gasteiger partial charge in [0, 0.05) is 24.9 Å². The van der Waals surface area contributed by atoms with Crippen LogP contribution in [0.3, 0.4) is 0 Å². The Labute approximate surface area is 163 Å². The molecule has 1 unspecified atom stereocenters. The Hall–Kier alpha value is -1.40. The summed E-state index contributed by atoms with van der Waals surface area (Å²) in [5, 5.41) is 6.98. The van der Waals surface area contributed by atoms with Gasteiger partial charge >= 0.3 is 0 Å². The van der Waals surface area contributed by atoms with Crippen molar-refractivity contribution in [3.8, 4) is 5.75 Å². The van der Waals surface area contributed by atoms with Crippen LogP contribution in [0.5, 0.6) is 5.75 Å². The Balaban J connectivity index is 2.04. The van der Waals surface area contributed by atoms with Crippen LogP contribution in [-0.4, -0.2) is 62.2 Å². The van der Waals surface area contributed by atoms with Gasteiger partial charge in [-0.15, -0.1) is 0 Å². The highest BCUT2D eigenvalue weighted by molar-refractivity contribution is 7.99. The highest BCUT2D eigenvalue weighted by Gasteiger charge is 2.24. The minimum absolute atomic E-state index is 0.179. The second-order valence-corrected chi connectivity index (χ2v) is 8.82. The first-order valence-electron chi connectivity index (χ1n) is 9.37. The molecule has 1 aromatic carbocycles. The maximum atomic E-state index is 5.43. The van der Waals surface area contributed by atoms with Crippen LogP contribution < -0.4 is 15.4 Å². The van der Waals surface area contributed by atoms with Gasteiger partial charge in [0.25, 0.3) is 0 Å². The second kappa shape index (κ2) is 10.1. The van der Waals surface area contributed by atoms with E-state index in [1.807, 2.05) is 24.9 Å². The van der Waals surface area contributed by atoms with Gasteiger partial charge in [-0.2, -0.15) is 11.8 Å². The van der Waals surface area contributed by atoms with Crippen molar-refractivity contribution in [2.45, 2.75) is 37.5 Å². The fourth-order valence-corrected chi connectivity index (χ4v) is 3.36. The van der Waals surface area contributed by atoms with Crippen molar-refractivity contribution in [3.05, 3.63) is 29.8 Å². The summed E-state index contributed by atoms with van der Waals surface area (Å²) in [4.78, 5) is 6.95. The number of benzene rings is 1. The molecule has 0 radical (unpaired) electrons. The fourth-order valence-electron chi connectivity index (χ4n) is 3.14. The Morgan fingerprint density at radius 3 is 2.65 bits per heavy atom. The van der Waals surface area contributed by atoms with E-state index in [4.69, 9.17) is 4.74 Å². The average Bonchev–Trinajstić information content (AvgIpc) is 3.19. The van der Waals surface area contributed by atoms with Gasteiger partial charge in [0.1, 0.15) is 5.75 Å². The molecule has 1 aromatic rings. The molecule has 1 heterocycles. The van der Waals surface area contributed by atoms with E-state index in [9.17, 15) is 0 Å². The molecule has 0 amide bonds. The van der Waals surface area contributed by atoms with Crippen LogP contribution in [0, 0.1) is 0 Å². The molecule has 6 heteroatoms. The van der Waals surface area contributed by atoms with Gasteiger partial charge in [-0.1, -0.05) is 12.1 Å². The van der Waals surface area contributed by atoms with Gasteiger partial charge in [-0.25, -0.2) is 0 Å². The van der Waals surface area contributed by atoms with E-state index >= 15 is 0 Å². The zero-order chi connectivity index (χ0) is 19.0. The number of thioether (sulfide) groups is 1. The van der Waals surface area contributed by atoms with E-state index in [0.717, 1.165) is 37.9 Å². The molecular weight excluding hydrogens is 344 g/mol.